The Bertz CT molecular complexity index is 1340. The molecular formula is C24H22N2O6S. The van der Waals surface area contributed by atoms with Crippen molar-refractivity contribution in [2.24, 2.45) is 0 Å². The first kappa shape index (κ1) is 20.3. The predicted octanol–water partition coefficient (Wildman–Crippen LogP) is 3.24. The van der Waals surface area contributed by atoms with E-state index in [4.69, 9.17) is 18.4 Å². The smallest absolute Gasteiger partial charge is 0.340 e. The number of aromatic nitrogens is 1. The van der Waals surface area contributed by atoms with Gasteiger partial charge in [-0.3, -0.25) is 9.88 Å². The number of methoxy groups -OCH3 is 1. The molecule has 4 heterocycles. The molecule has 1 aromatic heterocycles. The highest BCUT2D eigenvalue weighted by Gasteiger charge is 2.36. The maximum atomic E-state index is 13.0. The first-order chi connectivity index (χ1) is 16.0. The summed E-state index contributed by atoms with van der Waals surface area (Å²) in [5, 5.41) is 0. The van der Waals surface area contributed by atoms with Gasteiger partial charge in [-0.25, -0.2) is 0 Å². The molecule has 0 amide bonds. The molecule has 1 atom stereocenters. The van der Waals surface area contributed by atoms with Gasteiger partial charge in [0.05, 0.1) is 7.11 Å². The van der Waals surface area contributed by atoms with E-state index < -0.39 is 10.1 Å². The van der Waals surface area contributed by atoms with Gasteiger partial charge in [-0.2, -0.15) is 8.42 Å². The van der Waals surface area contributed by atoms with Crippen molar-refractivity contribution in [1.82, 2.24) is 9.88 Å². The lowest BCUT2D eigenvalue weighted by Crippen LogP contribution is -2.39. The largest absolute Gasteiger partial charge is 0.493 e. The topological polar surface area (TPSA) is 87.2 Å². The van der Waals surface area contributed by atoms with Crippen molar-refractivity contribution >= 4 is 10.1 Å². The standard InChI is InChI=1S/C24H22N2O6S/c1-29-21-5-4-15-9-20-18-11-23-22(30-14-31-23)10-16(18)6-8-26(20)13-19(15)24(21)32-33(27,28)17-3-2-7-25-12-17/h2-5,7,10-12,20H,6,8-9,13-14H2,1H3. The molecule has 0 bridgehead atoms. The average molecular weight is 467 g/mol. The summed E-state index contributed by atoms with van der Waals surface area (Å²) in [5.41, 5.74) is 4.38. The first-order valence-corrected chi connectivity index (χ1v) is 12.1. The van der Waals surface area contributed by atoms with E-state index in [-0.39, 0.29) is 23.5 Å². The third-order valence-electron chi connectivity index (χ3n) is 6.53. The molecule has 0 radical (unpaired) electrons. The van der Waals surface area contributed by atoms with Crippen molar-refractivity contribution in [3.05, 3.63) is 71.0 Å². The van der Waals surface area contributed by atoms with Gasteiger partial charge in [0.1, 0.15) is 4.90 Å². The quantitative estimate of drug-likeness (QED) is 0.542. The fraction of sp³-hybridized carbons (Fsp3) is 0.292. The van der Waals surface area contributed by atoms with Gasteiger partial charge in [-0.15, -0.1) is 0 Å². The van der Waals surface area contributed by atoms with Gasteiger partial charge in [0.15, 0.2) is 23.0 Å². The van der Waals surface area contributed by atoms with Gasteiger partial charge >= 0.3 is 10.1 Å². The van der Waals surface area contributed by atoms with Crippen molar-refractivity contribution in [3.63, 3.8) is 0 Å². The Morgan fingerprint density at radius 1 is 1.12 bits per heavy atom. The molecule has 8 nitrogen and oxygen atoms in total. The Morgan fingerprint density at radius 2 is 1.97 bits per heavy atom. The molecule has 3 aromatic rings. The minimum atomic E-state index is -4.06. The van der Waals surface area contributed by atoms with Crippen molar-refractivity contribution in [3.8, 4) is 23.0 Å². The number of ether oxygens (including phenoxy) is 3. The van der Waals surface area contributed by atoms with Crippen LogP contribution < -0.4 is 18.4 Å². The summed E-state index contributed by atoms with van der Waals surface area (Å²) in [7, 11) is -2.55. The lowest BCUT2D eigenvalue weighted by molar-refractivity contribution is 0.159. The highest BCUT2D eigenvalue weighted by molar-refractivity contribution is 7.87. The maximum Gasteiger partial charge on any atom is 0.340 e. The van der Waals surface area contributed by atoms with Gasteiger partial charge in [-0.05, 0) is 59.9 Å². The van der Waals surface area contributed by atoms with Gasteiger partial charge in [0, 0.05) is 37.1 Å². The van der Waals surface area contributed by atoms with E-state index in [2.05, 4.69) is 22.0 Å². The molecule has 3 aliphatic heterocycles. The van der Waals surface area contributed by atoms with Crippen LogP contribution in [0, 0.1) is 0 Å². The Balaban J connectivity index is 1.39. The summed E-state index contributed by atoms with van der Waals surface area (Å²) >= 11 is 0. The molecule has 0 fully saturated rings. The van der Waals surface area contributed by atoms with Crippen LogP contribution in [-0.2, 0) is 29.5 Å². The van der Waals surface area contributed by atoms with Crippen LogP contribution in [0.25, 0.3) is 0 Å². The summed E-state index contributed by atoms with van der Waals surface area (Å²) in [6, 6.07) is 11.1. The minimum Gasteiger partial charge on any atom is -0.493 e. The SMILES string of the molecule is COc1ccc2c(c1OS(=O)(=O)c1cccnc1)CN1CCc3cc4c(cc3C1C2)OCO4. The van der Waals surface area contributed by atoms with E-state index in [1.165, 1.54) is 36.7 Å². The third-order valence-corrected chi connectivity index (χ3v) is 7.74. The summed E-state index contributed by atoms with van der Waals surface area (Å²) < 4.78 is 48.2. The van der Waals surface area contributed by atoms with Gasteiger partial charge in [0.25, 0.3) is 0 Å². The monoisotopic (exact) mass is 466 g/mol. The Kier molecular flexibility index (Phi) is 4.70. The third kappa shape index (κ3) is 3.39. The molecular weight excluding hydrogens is 444 g/mol. The zero-order valence-corrected chi connectivity index (χ0v) is 18.8. The van der Waals surface area contributed by atoms with Crippen LogP contribution in [0.15, 0.2) is 53.7 Å². The first-order valence-electron chi connectivity index (χ1n) is 10.7. The Morgan fingerprint density at radius 3 is 2.76 bits per heavy atom. The number of benzene rings is 2. The molecule has 0 saturated heterocycles. The molecule has 33 heavy (non-hydrogen) atoms. The second-order valence-electron chi connectivity index (χ2n) is 8.31. The highest BCUT2D eigenvalue weighted by Crippen LogP contribution is 2.47. The lowest BCUT2D eigenvalue weighted by atomic mass is 9.83. The predicted molar refractivity (Wildman–Crippen MR) is 118 cm³/mol. The van der Waals surface area contributed by atoms with Crippen LogP contribution in [0.4, 0.5) is 0 Å². The van der Waals surface area contributed by atoms with Crippen molar-refractivity contribution in [1.29, 1.82) is 0 Å². The second kappa shape index (κ2) is 7.64. The van der Waals surface area contributed by atoms with Crippen LogP contribution in [0.3, 0.4) is 0 Å². The number of fused-ring (bicyclic) bond motifs is 5. The van der Waals surface area contributed by atoms with E-state index in [1.54, 1.807) is 12.1 Å². The highest BCUT2D eigenvalue weighted by atomic mass is 32.2. The lowest BCUT2D eigenvalue weighted by Gasteiger charge is -2.41. The number of hydrogen-bond donors (Lipinski definition) is 0. The van der Waals surface area contributed by atoms with Crippen LogP contribution in [0.2, 0.25) is 0 Å². The number of nitrogens with zero attached hydrogens (tertiary/aromatic N) is 2. The van der Waals surface area contributed by atoms with Crippen LogP contribution in [0.1, 0.15) is 28.3 Å². The number of rotatable bonds is 4. The molecule has 2 aromatic carbocycles. The Hall–Kier alpha value is -3.30. The number of pyridine rings is 1. The molecule has 9 heteroatoms. The van der Waals surface area contributed by atoms with Gasteiger partial charge < -0.3 is 18.4 Å². The fourth-order valence-electron chi connectivity index (χ4n) is 4.90. The molecule has 6 rings (SSSR count). The molecule has 1 unspecified atom stereocenters. The van der Waals surface area contributed by atoms with Crippen LogP contribution >= 0.6 is 0 Å². The number of hydrogen-bond acceptors (Lipinski definition) is 8. The van der Waals surface area contributed by atoms with Gasteiger partial charge in [0.2, 0.25) is 6.79 Å². The average Bonchev–Trinajstić information content (AvgIpc) is 3.30. The molecule has 0 spiro atoms. The minimum absolute atomic E-state index is 0.00122. The van der Waals surface area contributed by atoms with Crippen LogP contribution in [-0.4, -0.2) is 38.7 Å². The second-order valence-corrected chi connectivity index (χ2v) is 9.85. The zero-order chi connectivity index (χ0) is 22.6. The summed E-state index contributed by atoms with van der Waals surface area (Å²) in [5.74, 6) is 2.22. The van der Waals surface area contributed by atoms with E-state index in [1.807, 2.05) is 6.07 Å². The van der Waals surface area contributed by atoms with E-state index >= 15 is 0 Å². The Labute approximate surface area is 191 Å². The maximum absolute atomic E-state index is 13.0. The van der Waals surface area contributed by atoms with E-state index in [0.717, 1.165) is 42.0 Å². The summed E-state index contributed by atoms with van der Waals surface area (Å²) in [4.78, 5) is 6.26. The van der Waals surface area contributed by atoms with Crippen molar-refractivity contribution < 1.29 is 26.8 Å². The molecule has 170 valence electrons. The van der Waals surface area contributed by atoms with Crippen LogP contribution in [0.5, 0.6) is 23.0 Å². The van der Waals surface area contributed by atoms with Gasteiger partial charge in [-0.1, -0.05) is 6.07 Å². The van der Waals surface area contributed by atoms with Crippen molar-refractivity contribution in [2.75, 3.05) is 20.4 Å². The molecule has 0 N–H and O–H groups in total. The molecule has 0 saturated carbocycles. The zero-order valence-electron chi connectivity index (χ0n) is 18.0. The molecule has 0 aliphatic carbocycles. The van der Waals surface area contributed by atoms with E-state index in [9.17, 15) is 8.42 Å². The summed E-state index contributed by atoms with van der Waals surface area (Å²) in [6.07, 6.45) is 4.41. The summed E-state index contributed by atoms with van der Waals surface area (Å²) in [6.45, 7) is 1.66. The normalized spacial score (nSPS) is 18.8. The molecule has 3 aliphatic rings. The van der Waals surface area contributed by atoms with Crippen molar-refractivity contribution in [2.45, 2.75) is 30.3 Å². The van der Waals surface area contributed by atoms with E-state index in [0.29, 0.717) is 12.3 Å². The fourth-order valence-corrected chi connectivity index (χ4v) is 5.83.